The molecule has 2 nitrogen and oxygen atoms in total. The van der Waals surface area contributed by atoms with Gasteiger partial charge in [0.1, 0.15) is 0 Å². The number of ether oxygens (including phenoxy) is 1. The molecule has 2 aliphatic rings. The van der Waals surface area contributed by atoms with Crippen LogP contribution in [0.5, 0.6) is 0 Å². The molecule has 0 aromatic rings. The number of unbranched alkanes of at least 4 members (excludes halogenated alkanes) is 3. The van der Waals surface area contributed by atoms with E-state index in [-0.39, 0.29) is 0 Å². The van der Waals surface area contributed by atoms with E-state index in [4.69, 9.17) is 4.74 Å². The third kappa shape index (κ3) is 6.76. The highest BCUT2D eigenvalue weighted by molar-refractivity contribution is 4.97. The van der Waals surface area contributed by atoms with Gasteiger partial charge >= 0.3 is 0 Å². The summed E-state index contributed by atoms with van der Waals surface area (Å²) in [5, 5.41) is 3.36. The summed E-state index contributed by atoms with van der Waals surface area (Å²) in [5.41, 5.74) is 0.777. The Balaban J connectivity index is 0.000000190. The molecule has 2 rings (SSSR count). The van der Waals surface area contributed by atoms with Gasteiger partial charge in [0.05, 0.1) is 0 Å². The van der Waals surface area contributed by atoms with Gasteiger partial charge in [-0.1, -0.05) is 46.5 Å². The quantitative estimate of drug-likeness (QED) is 0.692. The molecule has 1 N–H and O–H groups in total. The molecule has 0 aromatic carbocycles. The molecule has 1 spiro atoms. The van der Waals surface area contributed by atoms with E-state index in [2.05, 4.69) is 26.1 Å². The normalized spacial score (nSPS) is 23.8. The fourth-order valence-electron chi connectivity index (χ4n) is 3.17. The molecule has 1 aliphatic heterocycles. The van der Waals surface area contributed by atoms with Crippen molar-refractivity contribution in [2.75, 3.05) is 26.3 Å². The molecule has 1 atom stereocenters. The van der Waals surface area contributed by atoms with Gasteiger partial charge in [0.25, 0.3) is 0 Å². The highest BCUT2D eigenvalue weighted by Gasteiger charge is 2.41. The van der Waals surface area contributed by atoms with E-state index in [1.54, 1.807) is 0 Å². The first-order valence-electron chi connectivity index (χ1n) is 8.51. The summed E-state index contributed by atoms with van der Waals surface area (Å²) in [7, 11) is 0. The van der Waals surface area contributed by atoms with Crippen LogP contribution in [0.25, 0.3) is 0 Å². The summed E-state index contributed by atoms with van der Waals surface area (Å²) in [5.74, 6) is 1.01. The van der Waals surface area contributed by atoms with Crippen LogP contribution in [0, 0.1) is 11.3 Å². The Labute approximate surface area is 120 Å². The predicted octanol–water partition coefficient (Wildman–Crippen LogP) is 4.39. The zero-order valence-electron chi connectivity index (χ0n) is 13.5. The Hall–Kier alpha value is -0.0800. The van der Waals surface area contributed by atoms with Gasteiger partial charge in [-0.15, -0.1) is 0 Å². The summed E-state index contributed by atoms with van der Waals surface area (Å²) in [6.45, 7) is 11.3. The van der Waals surface area contributed by atoms with Crippen molar-refractivity contribution in [1.82, 2.24) is 5.32 Å². The molecule has 2 fully saturated rings. The molecular formula is C17H35NO. The average molecular weight is 269 g/mol. The second-order valence-electron chi connectivity index (χ2n) is 6.62. The minimum absolute atomic E-state index is 0.777. The van der Waals surface area contributed by atoms with Gasteiger partial charge in [-0.2, -0.15) is 0 Å². The molecule has 1 saturated carbocycles. The Morgan fingerprint density at radius 2 is 1.84 bits per heavy atom. The van der Waals surface area contributed by atoms with E-state index >= 15 is 0 Å². The molecule has 0 bridgehead atoms. The largest absolute Gasteiger partial charge is 0.381 e. The third-order valence-corrected chi connectivity index (χ3v) is 4.44. The van der Waals surface area contributed by atoms with Crippen LogP contribution in [-0.4, -0.2) is 26.3 Å². The van der Waals surface area contributed by atoms with Crippen LogP contribution in [-0.2, 0) is 4.74 Å². The molecule has 1 heterocycles. The smallest absolute Gasteiger partial charge is 0.0466 e. The first-order chi connectivity index (χ1) is 9.22. The first kappa shape index (κ1) is 17.0. The van der Waals surface area contributed by atoms with Crippen molar-refractivity contribution in [3.8, 4) is 0 Å². The standard InChI is InChI=1S/C9H20O.C8H15N/c1-3-5-6-7-9-10-8-4-2;1-7-2-3-8(4-7)5-9-6-8/h3-9H2,1-2H3;7,9H,2-6H2,1H3. The van der Waals surface area contributed by atoms with Crippen LogP contribution in [0.2, 0.25) is 0 Å². The Morgan fingerprint density at radius 1 is 1.05 bits per heavy atom. The van der Waals surface area contributed by atoms with E-state index in [1.165, 1.54) is 58.0 Å². The number of hydrogen-bond donors (Lipinski definition) is 1. The lowest BCUT2D eigenvalue weighted by Crippen LogP contribution is -2.51. The van der Waals surface area contributed by atoms with Gasteiger partial charge < -0.3 is 10.1 Å². The van der Waals surface area contributed by atoms with Gasteiger partial charge in [-0.3, -0.25) is 0 Å². The fraction of sp³-hybridized carbons (Fsp3) is 1.00. The van der Waals surface area contributed by atoms with E-state index in [9.17, 15) is 0 Å². The minimum Gasteiger partial charge on any atom is -0.381 e. The van der Waals surface area contributed by atoms with Crippen LogP contribution in [0.1, 0.15) is 72.1 Å². The maximum Gasteiger partial charge on any atom is 0.0466 e. The molecule has 1 aliphatic carbocycles. The van der Waals surface area contributed by atoms with Gasteiger partial charge in [0, 0.05) is 26.3 Å². The van der Waals surface area contributed by atoms with Crippen molar-refractivity contribution in [3.05, 3.63) is 0 Å². The zero-order valence-corrected chi connectivity index (χ0v) is 13.5. The maximum atomic E-state index is 5.33. The number of hydrogen-bond acceptors (Lipinski definition) is 2. The average Bonchev–Trinajstić information content (AvgIpc) is 2.77. The monoisotopic (exact) mass is 269 g/mol. The van der Waals surface area contributed by atoms with Gasteiger partial charge in [0.15, 0.2) is 0 Å². The van der Waals surface area contributed by atoms with Gasteiger partial charge in [0.2, 0.25) is 0 Å². The Morgan fingerprint density at radius 3 is 2.26 bits per heavy atom. The Kier molecular flexibility index (Phi) is 8.72. The highest BCUT2D eigenvalue weighted by Crippen LogP contribution is 2.43. The highest BCUT2D eigenvalue weighted by atomic mass is 16.5. The van der Waals surface area contributed by atoms with Crippen molar-refractivity contribution < 1.29 is 4.74 Å². The summed E-state index contributed by atoms with van der Waals surface area (Å²) >= 11 is 0. The lowest BCUT2D eigenvalue weighted by atomic mass is 9.80. The van der Waals surface area contributed by atoms with Crippen LogP contribution in [0.3, 0.4) is 0 Å². The number of nitrogens with one attached hydrogen (secondary N) is 1. The molecule has 114 valence electrons. The van der Waals surface area contributed by atoms with E-state index in [0.29, 0.717) is 0 Å². The first-order valence-corrected chi connectivity index (χ1v) is 8.51. The molecule has 0 radical (unpaired) electrons. The zero-order chi connectivity index (χ0) is 14.0. The molecule has 19 heavy (non-hydrogen) atoms. The van der Waals surface area contributed by atoms with E-state index < -0.39 is 0 Å². The second kappa shape index (κ2) is 9.77. The lowest BCUT2D eigenvalue weighted by Gasteiger charge is -2.39. The SMILES string of the molecule is CC1CCC2(CNC2)C1.CCCCCCOCCC. The maximum absolute atomic E-state index is 5.33. The molecule has 2 heteroatoms. The molecule has 0 amide bonds. The molecule has 0 aromatic heterocycles. The Bertz CT molecular complexity index is 205. The van der Waals surface area contributed by atoms with Gasteiger partial charge in [-0.25, -0.2) is 0 Å². The van der Waals surface area contributed by atoms with Crippen molar-refractivity contribution in [2.24, 2.45) is 11.3 Å². The molecule has 1 unspecified atom stereocenters. The summed E-state index contributed by atoms with van der Waals surface area (Å²) in [6.07, 6.45) is 10.8. The topological polar surface area (TPSA) is 21.3 Å². The van der Waals surface area contributed by atoms with Crippen molar-refractivity contribution in [3.63, 3.8) is 0 Å². The number of rotatable bonds is 7. The second-order valence-corrected chi connectivity index (χ2v) is 6.62. The van der Waals surface area contributed by atoms with E-state index in [0.717, 1.165) is 31.0 Å². The summed E-state index contributed by atoms with van der Waals surface area (Å²) in [6, 6.07) is 0. The van der Waals surface area contributed by atoms with E-state index in [1.807, 2.05) is 0 Å². The summed E-state index contributed by atoms with van der Waals surface area (Å²) < 4.78 is 5.33. The fourth-order valence-corrected chi connectivity index (χ4v) is 3.17. The molecule has 1 saturated heterocycles. The van der Waals surface area contributed by atoms with Crippen LogP contribution >= 0.6 is 0 Å². The minimum atomic E-state index is 0.777. The summed E-state index contributed by atoms with van der Waals surface area (Å²) in [4.78, 5) is 0. The lowest BCUT2D eigenvalue weighted by molar-refractivity contribution is 0.130. The van der Waals surface area contributed by atoms with Crippen molar-refractivity contribution in [2.45, 2.75) is 72.1 Å². The third-order valence-electron chi connectivity index (χ3n) is 4.44. The predicted molar refractivity (Wildman–Crippen MR) is 83.6 cm³/mol. The molecular weight excluding hydrogens is 234 g/mol. The van der Waals surface area contributed by atoms with Crippen LogP contribution in [0.4, 0.5) is 0 Å². The van der Waals surface area contributed by atoms with Crippen molar-refractivity contribution >= 4 is 0 Å². The van der Waals surface area contributed by atoms with Crippen LogP contribution < -0.4 is 5.32 Å². The van der Waals surface area contributed by atoms with Crippen LogP contribution in [0.15, 0.2) is 0 Å². The van der Waals surface area contributed by atoms with Crippen molar-refractivity contribution in [1.29, 1.82) is 0 Å². The van der Waals surface area contributed by atoms with Gasteiger partial charge in [-0.05, 0) is 37.0 Å².